The number of amides is 2. The van der Waals surface area contributed by atoms with Crippen molar-refractivity contribution in [2.24, 2.45) is 7.05 Å². The van der Waals surface area contributed by atoms with Crippen molar-refractivity contribution in [1.82, 2.24) is 19.8 Å². The molecule has 1 aromatic heterocycles. The van der Waals surface area contributed by atoms with Crippen molar-refractivity contribution >= 4 is 6.03 Å². The number of carbonyl (C=O) groups excluding carboxylic acids is 1. The Balaban J connectivity index is 1.90. The van der Waals surface area contributed by atoms with Crippen molar-refractivity contribution in [3.05, 3.63) is 83.9 Å². The van der Waals surface area contributed by atoms with E-state index >= 15 is 0 Å². The van der Waals surface area contributed by atoms with Gasteiger partial charge in [-0.25, -0.2) is 9.78 Å². The molecule has 0 aliphatic heterocycles. The predicted molar refractivity (Wildman–Crippen MR) is 114 cm³/mol. The van der Waals surface area contributed by atoms with Crippen molar-refractivity contribution in [2.75, 3.05) is 13.7 Å². The molecule has 6 nitrogen and oxygen atoms in total. The van der Waals surface area contributed by atoms with Crippen molar-refractivity contribution < 1.29 is 9.53 Å². The Morgan fingerprint density at radius 2 is 1.90 bits per heavy atom. The number of nitrogens with zero attached hydrogens (tertiary/aromatic N) is 3. The summed E-state index contributed by atoms with van der Waals surface area (Å²) in [6, 6.07) is 17.2. The van der Waals surface area contributed by atoms with Gasteiger partial charge in [0.25, 0.3) is 0 Å². The van der Waals surface area contributed by atoms with E-state index in [1.165, 1.54) is 0 Å². The van der Waals surface area contributed by atoms with Gasteiger partial charge in [0, 0.05) is 38.1 Å². The fourth-order valence-corrected chi connectivity index (χ4v) is 3.38. The Morgan fingerprint density at radius 1 is 1.17 bits per heavy atom. The maximum Gasteiger partial charge on any atom is 0.318 e. The molecular formula is C23H28N4O2. The number of para-hydroxylation sites is 1. The van der Waals surface area contributed by atoms with E-state index in [1.54, 1.807) is 13.3 Å². The molecule has 2 aromatic carbocycles. The zero-order chi connectivity index (χ0) is 20.6. The Kier molecular flexibility index (Phi) is 6.89. The molecule has 1 unspecified atom stereocenters. The Bertz CT molecular complexity index is 923. The lowest BCUT2D eigenvalue weighted by molar-refractivity contribution is 0.192. The van der Waals surface area contributed by atoms with E-state index in [-0.39, 0.29) is 6.03 Å². The maximum absolute atomic E-state index is 13.3. The molecule has 0 fully saturated rings. The van der Waals surface area contributed by atoms with Crippen LogP contribution in [0.5, 0.6) is 5.75 Å². The predicted octanol–water partition coefficient (Wildman–Crippen LogP) is 4.14. The van der Waals surface area contributed by atoms with Gasteiger partial charge in [-0.1, -0.05) is 55.5 Å². The third-order valence-corrected chi connectivity index (χ3v) is 4.83. The number of benzene rings is 2. The second kappa shape index (κ2) is 9.78. The summed E-state index contributed by atoms with van der Waals surface area (Å²) in [6.45, 7) is 3.29. The second-order valence-electron chi connectivity index (χ2n) is 6.93. The van der Waals surface area contributed by atoms with Gasteiger partial charge in [-0.05, 0) is 18.1 Å². The molecule has 0 bridgehead atoms. The lowest BCUT2D eigenvalue weighted by atomic mass is 10.0. The number of imidazole rings is 1. The molecule has 0 aliphatic rings. The first-order chi connectivity index (χ1) is 14.1. The third kappa shape index (κ3) is 4.96. The van der Waals surface area contributed by atoms with E-state index in [9.17, 15) is 4.79 Å². The van der Waals surface area contributed by atoms with E-state index in [4.69, 9.17) is 4.74 Å². The summed E-state index contributed by atoms with van der Waals surface area (Å²) >= 11 is 0. The summed E-state index contributed by atoms with van der Waals surface area (Å²) in [4.78, 5) is 19.6. The van der Waals surface area contributed by atoms with Gasteiger partial charge in [-0.3, -0.25) is 0 Å². The molecule has 0 aliphatic carbocycles. The smallest absolute Gasteiger partial charge is 0.318 e. The second-order valence-corrected chi connectivity index (χ2v) is 6.93. The number of rotatable bonds is 8. The van der Waals surface area contributed by atoms with Gasteiger partial charge < -0.3 is 19.5 Å². The standard InChI is InChI=1S/C23H28N4O2/c1-4-15-27(17-18-10-6-5-7-11-18)23(28)25-21(22-24-14-16-26(22)2)19-12-8-9-13-20(19)29-3/h5-14,16,21H,4,15,17H2,1-3H3,(H,25,28). The lowest BCUT2D eigenvalue weighted by Crippen LogP contribution is -2.42. The van der Waals surface area contributed by atoms with Crippen LogP contribution in [-0.4, -0.2) is 34.1 Å². The van der Waals surface area contributed by atoms with Crippen molar-refractivity contribution in [3.8, 4) is 5.75 Å². The van der Waals surface area contributed by atoms with E-state index in [0.717, 1.165) is 23.4 Å². The Labute approximate surface area is 172 Å². The molecule has 0 radical (unpaired) electrons. The van der Waals surface area contributed by atoms with Crippen LogP contribution >= 0.6 is 0 Å². The third-order valence-electron chi connectivity index (χ3n) is 4.83. The molecule has 152 valence electrons. The summed E-state index contributed by atoms with van der Waals surface area (Å²) in [5.41, 5.74) is 1.97. The Morgan fingerprint density at radius 3 is 2.55 bits per heavy atom. The highest BCUT2D eigenvalue weighted by molar-refractivity contribution is 5.75. The molecule has 1 atom stereocenters. The molecule has 1 N–H and O–H groups in total. The van der Waals surface area contributed by atoms with Crippen LogP contribution in [0.2, 0.25) is 0 Å². The number of urea groups is 1. The number of nitrogens with one attached hydrogen (secondary N) is 1. The average Bonchev–Trinajstić information content (AvgIpc) is 3.18. The number of aryl methyl sites for hydroxylation is 1. The van der Waals surface area contributed by atoms with Crippen molar-refractivity contribution in [1.29, 1.82) is 0 Å². The van der Waals surface area contributed by atoms with Gasteiger partial charge in [0.15, 0.2) is 0 Å². The van der Waals surface area contributed by atoms with Crippen LogP contribution in [0, 0.1) is 0 Å². The summed E-state index contributed by atoms with van der Waals surface area (Å²) in [5.74, 6) is 1.46. The van der Waals surface area contributed by atoms with Gasteiger partial charge in [-0.2, -0.15) is 0 Å². The first kappa shape index (κ1) is 20.5. The van der Waals surface area contributed by atoms with E-state index < -0.39 is 6.04 Å². The van der Waals surface area contributed by atoms with Crippen LogP contribution < -0.4 is 10.1 Å². The quantitative estimate of drug-likeness (QED) is 0.627. The summed E-state index contributed by atoms with van der Waals surface area (Å²) < 4.78 is 7.46. The molecule has 0 saturated heterocycles. The monoisotopic (exact) mass is 392 g/mol. The van der Waals surface area contributed by atoms with Gasteiger partial charge in [0.05, 0.1) is 7.11 Å². The molecule has 1 heterocycles. The molecule has 29 heavy (non-hydrogen) atoms. The van der Waals surface area contributed by atoms with Gasteiger partial charge >= 0.3 is 6.03 Å². The highest BCUT2D eigenvalue weighted by Gasteiger charge is 2.26. The molecule has 0 saturated carbocycles. The minimum Gasteiger partial charge on any atom is -0.496 e. The zero-order valence-electron chi connectivity index (χ0n) is 17.2. The number of methoxy groups -OCH3 is 1. The van der Waals surface area contributed by atoms with Gasteiger partial charge in [0.2, 0.25) is 0 Å². The number of carbonyl (C=O) groups is 1. The fraction of sp³-hybridized carbons (Fsp3) is 0.304. The highest BCUT2D eigenvalue weighted by atomic mass is 16.5. The van der Waals surface area contributed by atoms with Gasteiger partial charge in [0.1, 0.15) is 17.6 Å². The molecule has 3 rings (SSSR count). The molecule has 0 spiro atoms. The Hall–Kier alpha value is -3.28. The fourth-order valence-electron chi connectivity index (χ4n) is 3.38. The first-order valence-electron chi connectivity index (χ1n) is 9.83. The van der Waals surface area contributed by atoms with E-state index in [0.29, 0.717) is 18.8 Å². The van der Waals surface area contributed by atoms with E-state index in [1.807, 2.05) is 77.3 Å². The molecule has 2 amide bonds. The molecule has 3 aromatic rings. The van der Waals surface area contributed by atoms with Crippen LogP contribution in [0.1, 0.15) is 36.3 Å². The number of ether oxygens (including phenoxy) is 1. The summed E-state index contributed by atoms with van der Waals surface area (Å²) in [6.07, 6.45) is 4.48. The lowest BCUT2D eigenvalue weighted by Gasteiger charge is -2.27. The molecule has 6 heteroatoms. The number of hydrogen-bond acceptors (Lipinski definition) is 3. The van der Waals surface area contributed by atoms with Crippen LogP contribution in [0.3, 0.4) is 0 Å². The zero-order valence-corrected chi connectivity index (χ0v) is 17.2. The largest absolute Gasteiger partial charge is 0.496 e. The van der Waals surface area contributed by atoms with Crippen molar-refractivity contribution in [2.45, 2.75) is 25.9 Å². The summed E-state index contributed by atoms with van der Waals surface area (Å²) in [5, 5.41) is 3.18. The minimum absolute atomic E-state index is 0.130. The topological polar surface area (TPSA) is 59.4 Å². The van der Waals surface area contributed by atoms with Crippen LogP contribution in [-0.2, 0) is 13.6 Å². The van der Waals surface area contributed by atoms with Crippen LogP contribution in [0.4, 0.5) is 4.79 Å². The van der Waals surface area contributed by atoms with E-state index in [2.05, 4.69) is 17.2 Å². The minimum atomic E-state index is -0.422. The van der Waals surface area contributed by atoms with Crippen LogP contribution in [0.15, 0.2) is 67.0 Å². The van der Waals surface area contributed by atoms with Gasteiger partial charge in [-0.15, -0.1) is 0 Å². The average molecular weight is 393 g/mol. The first-order valence-corrected chi connectivity index (χ1v) is 9.83. The van der Waals surface area contributed by atoms with Crippen LogP contribution in [0.25, 0.3) is 0 Å². The normalized spacial score (nSPS) is 11.7. The number of hydrogen-bond donors (Lipinski definition) is 1. The SMILES string of the molecule is CCCN(Cc1ccccc1)C(=O)NC(c1ccccc1OC)c1nccn1C. The number of aromatic nitrogens is 2. The summed E-state index contributed by atoms with van der Waals surface area (Å²) in [7, 11) is 3.56. The van der Waals surface area contributed by atoms with Crippen molar-refractivity contribution in [3.63, 3.8) is 0 Å². The molecular weight excluding hydrogens is 364 g/mol. The highest BCUT2D eigenvalue weighted by Crippen LogP contribution is 2.29. The maximum atomic E-state index is 13.3.